The molecule has 0 bridgehead atoms. The summed E-state index contributed by atoms with van der Waals surface area (Å²) in [5.41, 5.74) is 3.46. The summed E-state index contributed by atoms with van der Waals surface area (Å²) >= 11 is 0. The molecule has 1 aliphatic rings. The van der Waals surface area contributed by atoms with Crippen LogP contribution in [0.3, 0.4) is 0 Å². The number of ether oxygens (including phenoxy) is 1. The molecule has 1 fully saturated rings. The van der Waals surface area contributed by atoms with Crippen LogP contribution in [0.1, 0.15) is 16.8 Å². The van der Waals surface area contributed by atoms with Gasteiger partial charge in [0.1, 0.15) is 5.82 Å². The number of hydrogen-bond acceptors (Lipinski definition) is 4. The molecule has 1 unspecified atom stereocenters. The van der Waals surface area contributed by atoms with Gasteiger partial charge >= 0.3 is 0 Å². The molecule has 1 N–H and O–H groups in total. The molecule has 0 spiro atoms. The van der Waals surface area contributed by atoms with E-state index >= 15 is 0 Å². The van der Waals surface area contributed by atoms with Crippen molar-refractivity contribution in [2.75, 3.05) is 39.4 Å². The third-order valence-corrected chi connectivity index (χ3v) is 5.87. The first-order valence-electron chi connectivity index (χ1n) is 11.3. The Labute approximate surface area is 189 Å². The van der Waals surface area contributed by atoms with Gasteiger partial charge in [-0.25, -0.2) is 4.39 Å². The van der Waals surface area contributed by atoms with Gasteiger partial charge < -0.3 is 14.4 Å². The minimum atomic E-state index is -0.433. The van der Waals surface area contributed by atoms with Crippen molar-refractivity contribution < 1.29 is 14.2 Å². The second-order valence-electron chi connectivity index (χ2n) is 8.48. The van der Waals surface area contributed by atoms with Gasteiger partial charge in [0.15, 0.2) is 0 Å². The quantitative estimate of drug-likeness (QED) is 0.528. The Hall–Kier alpha value is -2.51. The number of aliphatic hydroxyl groups is 1. The van der Waals surface area contributed by atoms with E-state index in [-0.39, 0.29) is 5.82 Å². The van der Waals surface area contributed by atoms with Crippen LogP contribution >= 0.6 is 0 Å². The predicted molar refractivity (Wildman–Crippen MR) is 124 cm³/mol. The van der Waals surface area contributed by atoms with E-state index in [1.54, 1.807) is 0 Å². The number of aromatic nitrogens is 1. The number of nitrogens with zero attached hydrogens (tertiary/aromatic N) is 3. The van der Waals surface area contributed by atoms with E-state index < -0.39 is 6.10 Å². The van der Waals surface area contributed by atoms with Gasteiger partial charge in [0.05, 0.1) is 19.3 Å². The van der Waals surface area contributed by atoms with Crippen molar-refractivity contribution in [3.05, 3.63) is 95.6 Å². The highest BCUT2D eigenvalue weighted by molar-refractivity contribution is 5.19. The van der Waals surface area contributed by atoms with Crippen LogP contribution < -0.4 is 0 Å². The zero-order valence-electron chi connectivity index (χ0n) is 18.4. The Bertz CT molecular complexity index is 939. The lowest BCUT2D eigenvalue weighted by Gasteiger charge is -2.31. The SMILES string of the molecule is OC(CN1CCOCC1)CN(Cc1ccccc1)Cc1cccn1Cc1ccc(F)cc1. The molecule has 32 heavy (non-hydrogen) atoms. The first-order chi connectivity index (χ1) is 15.7. The molecular formula is C26H32FN3O2. The molecule has 170 valence electrons. The van der Waals surface area contributed by atoms with Gasteiger partial charge in [-0.2, -0.15) is 0 Å². The van der Waals surface area contributed by atoms with Gasteiger partial charge in [-0.15, -0.1) is 0 Å². The number of halogens is 1. The van der Waals surface area contributed by atoms with Gasteiger partial charge in [0.2, 0.25) is 0 Å². The molecule has 0 amide bonds. The molecule has 2 aromatic carbocycles. The van der Waals surface area contributed by atoms with Crippen LogP contribution in [0.25, 0.3) is 0 Å². The Balaban J connectivity index is 1.44. The molecule has 4 rings (SSSR count). The fourth-order valence-corrected chi connectivity index (χ4v) is 4.23. The molecule has 2 heterocycles. The summed E-state index contributed by atoms with van der Waals surface area (Å²) in [7, 11) is 0. The molecule has 1 aliphatic heterocycles. The second kappa shape index (κ2) is 11.4. The van der Waals surface area contributed by atoms with Crippen LogP contribution in [0.2, 0.25) is 0 Å². The third-order valence-electron chi connectivity index (χ3n) is 5.87. The fraction of sp³-hybridized carbons (Fsp3) is 0.385. The van der Waals surface area contributed by atoms with Crippen LogP contribution in [0.4, 0.5) is 4.39 Å². The molecule has 0 saturated carbocycles. The van der Waals surface area contributed by atoms with E-state index in [0.29, 0.717) is 19.6 Å². The van der Waals surface area contributed by atoms with E-state index in [9.17, 15) is 9.50 Å². The molecule has 5 nitrogen and oxygen atoms in total. The third kappa shape index (κ3) is 6.74. The highest BCUT2D eigenvalue weighted by Gasteiger charge is 2.19. The van der Waals surface area contributed by atoms with Gasteiger partial charge in [0.25, 0.3) is 0 Å². The molecule has 1 saturated heterocycles. The lowest BCUT2D eigenvalue weighted by molar-refractivity contribution is 0.00540. The number of β-amino-alcohol motifs (C(OH)–C–C–N with tert-alkyl or cyclic N) is 1. The van der Waals surface area contributed by atoms with Crippen LogP contribution in [0, 0.1) is 5.82 Å². The summed E-state index contributed by atoms with van der Waals surface area (Å²) < 4.78 is 20.9. The van der Waals surface area contributed by atoms with E-state index in [0.717, 1.165) is 45.0 Å². The minimum Gasteiger partial charge on any atom is -0.390 e. The second-order valence-corrected chi connectivity index (χ2v) is 8.48. The Kier molecular flexibility index (Phi) is 8.07. The van der Waals surface area contributed by atoms with Gasteiger partial charge in [0, 0.05) is 57.7 Å². The van der Waals surface area contributed by atoms with Crippen molar-refractivity contribution in [3.63, 3.8) is 0 Å². The molecule has 0 aliphatic carbocycles. The standard InChI is InChI=1S/C26H32FN3O2/c27-24-10-8-23(9-11-24)18-30-12-4-7-25(30)19-29(17-22-5-2-1-3-6-22)21-26(31)20-28-13-15-32-16-14-28/h1-12,26,31H,13-21H2. The van der Waals surface area contributed by atoms with Crippen molar-refractivity contribution in [1.29, 1.82) is 0 Å². The summed E-state index contributed by atoms with van der Waals surface area (Å²) in [6.07, 6.45) is 1.63. The number of rotatable bonds is 10. The highest BCUT2D eigenvalue weighted by atomic mass is 19.1. The average Bonchev–Trinajstić information content (AvgIpc) is 3.23. The molecule has 6 heteroatoms. The molecule has 1 aromatic heterocycles. The Morgan fingerprint density at radius 1 is 0.906 bits per heavy atom. The Morgan fingerprint density at radius 2 is 1.66 bits per heavy atom. The summed E-state index contributed by atoms with van der Waals surface area (Å²) in [6, 6.07) is 21.2. The van der Waals surface area contributed by atoms with Crippen molar-refractivity contribution in [2.45, 2.75) is 25.7 Å². The van der Waals surface area contributed by atoms with Crippen LogP contribution in [-0.4, -0.2) is 65.0 Å². The smallest absolute Gasteiger partial charge is 0.123 e. The van der Waals surface area contributed by atoms with E-state index in [2.05, 4.69) is 50.9 Å². The summed E-state index contributed by atoms with van der Waals surface area (Å²) in [4.78, 5) is 4.57. The summed E-state index contributed by atoms with van der Waals surface area (Å²) in [5, 5.41) is 10.8. The number of aliphatic hydroxyl groups excluding tert-OH is 1. The maximum Gasteiger partial charge on any atom is 0.123 e. The van der Waals surface area contributed by atoms with Gasteiger partial charge in [-0.3, -0.25) is 9.80 Å². The first-order valence-corrected chi connectivity index (χ1v) is 11.3. The first kappa shape index (κ1) is 22.7. The summed E-state index contributed by atoms with van der Waals surface area (Å²) in [5.74, 6) is -0.218. The number of hydrogen-bond donors (Lipinski definition) is 1. The van der Waals surface area contributed by atoms with E-state index in [1.165, 1.54) is 23.4 Å². The van der Waals surface area contributed by atoms with Crippen molar-refractivity contribution >= 4 is 0 Å². The maximum atomic E-state index is 13.3. The highest BCUT2D eigenvalue weighted by Crippen LogP contribution is 2.15. The molecule has 0 radical (unpaired) electrons. The monoisotopic (exact) mass is 437 g/mol. The Morgan fingerprint density at radius 3 is 2.41 bits per heavy atom. The molecule has 3 aromatic rings. The fourth-order valence-electron chi connectivity index (χ4n) is 4.23. The lowest BCUT2D eigenvalue weighted by Crippen LogP contribution is -2.44. The molecular weight excluding hydrogens is 405 g/mol. The zero-order chi connectivity index (χ0) is 22.2. The van der Waals surface area contributed by atoms with Crippen LogP contribution in [0.15, 0.2) is 72.9 Å². The topological polar surface area (TPSA) is 40.9 Å². The van der Waals surface area contributed by atoms with Gasteiger partial charge in [-0.05, 0) is 35.4 Å². The number of morpholine rings is 1. The lowest BCUT2D eigenvalue weighted by atomic mass is 10.2. The number of benzene rings is 2. The van der Waals surface area contributed by atoms with Crippen LogP contribution in [0.5, 0.6) is 0 Å². The van der Waals surface area contributed by atoms with Crippen molar-refractivity contribution in [3.8, 4) is 0 Å². The minimum absolute atomic E-state index is 0.218. The largest absolute Gasteiger partial charge is 0.390 e. The summed E-state index contributed by atoms with van der Waals surface area (Å²) in [6.45, 7) is 6.64. The molecule has 1 atom stereocenters. The van der Waals surface area contributed by atoms with Crippen molar-refractivity contribution in [2.24, 2.45) is 0 Å². The van der Waals surface area contributed by atoms with Crippen molar-refractivity contribution in [1.82, 2.24) is 14.4 Å². The van der Waals surface area contributed by atoms with E-state index in [4.69, 9.17) is 4.74 Å². The maximum absolute atomic E-state index is 13.3. The van der Waals surface area contributed by atoms with E-state index in [1.807, 2.05) is 24.3 Å². The normalized spacial score (nSPS) is 15.8. The van der Waals surface area contributed by atoms with Gasteiger partial charge in [-0.1, -0.05) is 42.5 Å². The zero-order valence-corrected chi connectivity index (χ0v) is 18.4. The average molecular weight is 438 g/mol. The predicted octanol–water partition coefficient (Wildman–Crippen LogP) is 3.37. The van der Waals surface area contributed by atoms with Crippen LogP contribution in [-0.2, 0) is 24.4 Å².